The molecule has 0 bridgehead atoms. The monoisotopic (exact) mass is 250 g/mol. The Labute approximate surface area is 108 Å². The van der Waals surface area contributed by atoms with Crippen molar-refractivity contribution in [2.75, 3.05) is 0 Å². The van der Waals surface area contributed by atoms with Gasteiger partial charge < -0.3 is 0 Å². The average Bonchev–Trinajstić information content (AvgIpc) is 2.40. The van der Waals surface area contributed by atoms with E-state index in [0.29, 0.717) is 0 Å². The molecule has 2 heteroatoms. The lowest BCUT2D eigenvalue weighted by Gasteiger charge is -1.94. The highest BCUT2D eigenvalue weighted by molar-refractivity contribution is 5.17. The van der Waals surface area contributed by atoms with Gasteiger partial charge in [-0.1, -0.05) is 55.8 Å². The Kier molecular flexibility index (Phi) is 8.46. The first-order chi connectivity index (χ1) is 8.61. The molecule has 0 spiro atoms. The Balaban J connectivity index is 0.000000289. The van der Waals surface area contributed by atoms with E-state index in [1.54, 1.807) is 0 Å². The van der Waals surface area contributed by atoms with Crippen LogP contribution in [0.15, 0.2) is 48.5 Å². The van der Waals surface area contributed by atoms with Gasteiger partial charge in [-0.05, 0) is 26.0 Å². The molecule has 0 saturated heterocycles. The van der Waals surface area contributed by atoms with Crippen molar-refractivity contribution in [1.82, 2.24) is 0 Å². The molecule has 0 aliphatic rings. The molecule has 0 fully saturated rings. The van der Waals surface area contributed by atoms with E-state index in [2.05, 4.69) is 19.1 Å². The van der Waals surface area contributed by atoms with E-state index >= 15 is 0 Å². The Bertz CT molecular complexity index is 416. The Morgan fingerprint density at radius 1 is 0.667 bits per heavy atom. The van der Waals surface area contributed by atoms with Gasteiger partial charge in [0.25, 0.3) is 0 Å². The van der Waals surface area contributed by atoms with Crippen LogP contribution in [0.5, 0.6) is 0 Å². The lowest BCUT2D eigenvalue weighted by atomic mass is 10.2. The normalized spacial score (nSPS) is 8.56. The number of rotatable bonds is 0. The number of hydrogen-bond donors (Lipinski definition) is 0. The van der Waals surface area contributed by atoms with Gasteiger partial charge in [-0.15, -0.1) is 0 Å². The largest absolute Gasteiger partial charge is 0.207 e. The summed E-state index contributed by atoms with van der Waals surface area (Å²) in [6.07, 6.45) is 0. The highest BCUT2D eigenvalue weighted by Gasteiger charge is 1.99. The molecule has 0 atom stereocenters. The van der Waals surface area contributed by atoms with Crippen molar-refractivity contribution in [2.24, 2.45) is 0 Å². The maximum Gasteiger partial charge on any atom is 0.129 e. The third-order valence-electron chi connectivity index (χ3n) is 2.14. The van der Waals surface area contributed by atoms with Crippen LogP contribution in [0, 0.1) is 25.5 Å². The standard InChI is InChI=1S/C7H6F2.C7H8.C2H6/c1-5-6(8)3-2-4-7(5)9;1-7-5-3-2-4-6-7;1-2/h2-4H,1H3;2-6H,1H3;1-2H3. The molecule has 0 aliphatic carbocycles. The van der Waals surface area contributed by atoms with E-state index < -0.39 is 11.6 Å². The van der Waals surface area contributed by atoms with Gasteiger partial charge >= 0.3 is 0 Å². The van der Waals surface area contributed by atoms with Crippen molar-refractivity contribution in [2.45, 2.75) is 27.7 Å². The molecule has 2 aromatic carbocycles. The predicted molar refractivity (Wildman–Crippen MR) is 73.6 cm³/mol. The summed E-state index contributed by atoms with van der Waals surface area (Å²) in [6.45, 7) is 7.49. The van der Waals surface area contributed by atoms with Crippen molar-refractivity contribution < 1.29 is 8.78 Å². The third kappa shape index (κ3) is 6.14. The molecular formula is C16H20F2. The second kappa shape index (κ2) is 9.34. The Morgan fingerprint density at radius 2 is 1.11 bits per heavy atom. The van der Waals surface area contributed by atoms with Gasteiger partial charge in [-0.25, -0.2) is 8.78 Å². The molecule has 0 amide bonds. The topological polar surface area (TPSA) is 0 Å². The summed E-state index contributed by atoms with van der Waals surface area (Å²) in [6, 6.07) is 14.1. The van der Waals surface area contributed by atoms with E-state index in [-0.39, 0.29) is 5.56 Å². The van der Waals surface area contributed by atoms with Crippen molar-refractivity contribution >= 4 is 0 Å². The molecule has 2 aromatic rings. The summed E-state index contributed by atoms with van der Waals surface area (Å²) in [7, 11) is 0. The van der Waals surface area contributed by atoms with Crippen molar-refractivity contribution in [3.05, 3.63) is 71.3 Å². The number of hydrogen-bond acceptors (Lipinski definition) is 0. The minimum Gasteiger partial charge on any atom is -0.207 e. The zero-order valence-electron chi connectivity index (χ0n) is 11.4. The number of halogens is 2. The van der Waals surface area contributed by atoms with Gasteiger partial charge in [0.1, 0.15) is 11.6 Å². The van der Waals surface area contributed by atoms with Gasteiger partial charge in [0.2, 0.25) is 0 Å². The molecule has 0 N–H and O–H groups in total. The zero-order valence-corrected chi connectivity index (χ0v) is 11.4. The van der Waals surface area contributed by atoms with Crippen molar-refractivity contribution in [3.63, 3.8) is 0 Å². The van der Waals surface area contributed by atoms with Gasteiger partial charge in [0.15, 0.2) is 0 Å². The van der Waals surface area contributed by atoms with E-state index in [4.69, 9.17) is 0 Å². The van der Waals surface area contributed by atoms with Crippen LogP contribution in [0.4, 0.5) is 8.78 Å². The van der Waals surface area contributed by atoms with E-state index in [1.807, 2.05) is 32.0 Å². The van der Waals surface area contributed by atoms with Crippen LogP contribution in [0.1, 0.15) is 25.0 Å². The van der Waals surface area contributed by atoms with Crippen LogP contribution in [-0.4, -0.2) is 0 Å². The highest BCUT2D eigenvalue weighted by Crippen LogP contribution is 2.08. The smallest absolute Gasteiger partial charge is 0.129 e. The molecular weight excluding hydrogens is 230 g/mol. The molecule has 0 aromatic heterocycles. The van der Waals surface area contributed by atoms with Crippen LogP contribution in [0.3, 0.4) is 0 Å². The summed E-state index contributed by atoms with van der Waals surface area (Å²) in [5, 5.41) is 0. The minimum absolute atomic E-state index is 0.0810. The minimum atomic E-state index is -0.491. The average molecular weight is 250 g/mol. The maximum atomic E-state index is 12.3. The number of aryl methyl sites for hydroxylation is 1. The van der Waals surface area contributed by atoms with Gasteiger partial charge in [0, 0.05) is 5.56 Å². The van der Waals surface area contributed by atoms with Crippen LogP contribution in [0.2, 0.25) is 0 Å². The summed E-state index contributed by atoms with van der Waals surface area (Å²) < 4.78 is 24.7. The quantitative estimate of drug-likeness (QED) is 0.595. The maximum absolute atomic E-state index is 12.3. The molecule has 2 rings (SSSR count). The second-order valence-corrected chi connectivity index (χ2v) is 3.50. The molecule has 0 aliphatic heterocycles. The highest BCUT2D eigenvalue weighted by atomic mass is 19.1. The molecule has 0 saturated carbocycles. The van der Waals surface area contributed by atoms with Crippen LogP contribution in [-0.2, 0) is 0 Å². The fourth-order valence-corrected chi connectivity index (χ4v) is 1.12. The summed E-state index contributed by atoms with van der Waals surface area (Å²) in [5.74, 6) is -0.981. The SMILES string of the molecule is CC.Cc1c(F)cccc1F.Cc1ccccc1. The first kappa shape index (κ1) is 16.3. The lowest BCUT2D eigenvalue weighted by Crippen LogP contribution is -1.85. The Hall–Kier alpha value is -1.70. The van der Waals surface area contributed by atoms with E-state index in [1.165, 1.54) is 30.7 Å². The van der Waals surface area contributed by atoms with Crippen LogP contribution < -0.4 is 0 Å². The molecule has 98 valence electrons. The molecule has 18 heavy (non-hydrogen) atoms. The van der Waals surface area contributed by atoms with Crippen molar-refractivity contribution in [1.29, 1.82) is 0 Å². The molecule has 0 unspecified atom stereocenters. The Morgan fingerprint density at radius 3 is 1.39 bits per heavy atom. The molecule has 0 heterocycles. The first-order valence-corrected chi connectivity index (χ1v) is 6.03. The summed E-state index contributed by atoms with van der Waals surface area (Å²) >= 11 is 0. The number of benzene rings is 2. The van der Waals surface area contributed by atoms with Gasteiger partial charge in [-0.2, -0.15) is 0 Å². The molecule has 0 radical (unpaired) electrons. The van der Waals surface area contributed by atoms with Crippen LogP contribution >= 0.6 is 0 Å². The fourth-order valence-electron chi connectivity index (χ4n) is 1.12. The van der Waals surface area contributed by atoms with Crippen LogP contribution in [0.25, 0.3) is 0 Å². The van der Waals surface area contributed by atoms with E-state index in [9.17, 15) is 8.78 Å². The van der Waals surface area contributed by atoms with E-state index in [0.717, 1.165) is 0 Å². The van der Waals surface area contributed by atoms with Gasteiger partial charge in [-0.3, -0.25) is 0 Å². The molecule has 0 nitrogen and oxygen atoms in total. The second-order valence-electron chi connectivity index (χ2n) is 3.50. The fraction of sp³-hybridized carbons (Fsp3) is 0.250. The summed E-state index contributed by atoms with van der Waals surface area (Å²) in [4.78, 5) is 0. The van der Waals surface area contributed by atoms with Gasteiger partial charge in [0.05, 0.1) is 0 Å². The van der Waals surface area contributed by atoms with Crippen molar-refractivity contribution in [3.8, 4) is 0 Å². The predicted octanol–water partition coefficient (Wildman–Crippen LogP) is 5.29. The lowest BCUT2D eigenvalue weighted by molar-refractivity contribution is 0.568. The third-order valence-corrected chi connectivity index (χ3v) is 2.14. The zero-order chi connectivity index (χ0) is 14.0. The summed E-state index contributed by atoms with van der Waals surface area (Å²) in [5.41, 5.74) is 1.40. The first-order valence-electron chi connectivity index (χ1n) is 6.03.